The van der Waals surface area contributed by atoms with Crippen LogP contribution in [-0.2, 0) is 18.9 Å². The summed E-state index contributed by atoms with van der Waals surface area (Å²) in [5.41, 5.74) is -0.607. The average Bonchev–Trinajstić information content (AvgIpc) is 2.92. The van der Waals surface area contributed by atoms with Gasteiger partial charge in [-0.15, -0.1) is 5.10 Å². The number of hydrogen-bond donors (Lipinski definition) is 0. The van der Waals surface area contributed by atoms with Gasteiger partial charge in [0.15, 0.2) is 0 Å². The molecule has 1 aromatic carbocycles. The van der Waals surface area contributed by atoms with E-state index in [4.69, 9.17) is 23.8 Å². The Hall–Kier alpha value is -3.50. The van der Waals surface area contributed by atoms with Crippen LogP contribution < -0.4 is 9.57 Å². The maximum absolute atomic E-state index is 11.7. The summed E-state index contributed by atoms with van der Waals surface area (Å²) in [7, 11) is 1.57. The van der Waals surface area contributed by atoms with Gasteiger partial charge in [0.05, 0.1) is 12.8 Å². The maximum Gasteiger partial charge on any atom is 0.535 e. The molecule has 0 aliphatic heterocycles. The number of aromatic nitrogens is 2. The van der Waals surface area contributed by atoms with Crippen molar-refractivity contribution < 1.29 is 42.9 Å². The molecule has 0 saturated carbocycles. The SMILES string of the molecule is CC(C)(C)OC(=O)OC(=O)OC(C)(C)C.COc1ccc2c(C)nn(OC(=O)OC(C)(C)C)c2c1. The fourth-order valence-electron chi connectivity index (χ4n) is 2.37. The number of benzene rings is 1. The quantitative estimate of drug-likeness (QED) is 0.295. The molecular formula is C24H36N2O9. The minimum Gasteiger partial charge on any atom is -0.497 e. The van der Waals surface area contributed by atoms with E-state index in [2.05, 4.69) is 9.84 Å². The summed E-state index contributed by atoms with van der Waals surface area (Å²) in [5, 5.41) is 5.06. The fourth-order valence-corrected chi connectivity index (χ4v) is 2.37. The highest BCUT2D eigenvalue weighted by molar-refractivity contribution is 5.83. The van der Waals surface area contributed by atoms with E-state index in [1.54, 1.807) is 75.5 Å². The zero-order chi connectivity index (χ0) is 27.2. The van der Waals surface area contributed by atoms with Crippen LogP contribution >= 0.6 is 0 Å². The molecule has 0 saturated heterocycles. The Labute approximate surface area is 205 Å². The summed E-state index contributed by atoms with van der Waals surface area (Å²) in [5.74, 6) is 0.659. The van der Waals surface area contributed by atoms with Crippen LogP contribution in [0.5, 0.6) is 5.75 Å². The molecule has 11 nitrogen and oxygen atoms in total. The van der Waals surface area contributed by atoms with Crippen molar-refractivity contribution in [2.75, 3.05) is 7.11 Å². The number of fused-ring (bicyclic) bond motifs is 1. The third-order valence-electron chi connectivity index (χ3n) is 3.54. The van der Waals surface area contributed by atoms with E-state index in [-0.39, 0.29) is 0 Å². The molecule has 1 heterocycles. The van der Waals surface area contributed by atoms with Crippen molar-refractivity contribution in [3.63, 3.8) is 0 Å². The molecule has 0 N–H and O–H groups in total. The maximum atomic E-state index is 11.7. The molecular weight excluding hydrogens is 460 g/mol. The van der Waals surface area contributed by atoms with Gasteiger partial charge in [0, 0.05) is 11.5 Å². The van der Waals surface area contributed by atoms with Crippen molar-refractivity contribution in [1.82, 2.24) is 9.94 Å². The van der Waals surface area contributed by atoms with E-state index < -0.39 is 35.3 Å². The first kappa shape index (κ1) is 29.5. The smallest absolute Gasteiger partial charge is 0.497 e. The number of hydrogen-bond acceptors (Lipinski definition) is 10. The number of carbonyl (C=O) groups excluding carboxylic acids is 3. The Kier molecular flexibility index (Phi) is 9.52. The van der Waals surface area contributed by atoms with Gasteiger partial charge in [0.1, 0.15) is 28.1 Å². The second-order valence-corrected chi connectivity index (χ2v) is 10.4. The number of methoxy groups -OCH3 is 1. The van der Waals surface area contributed by atoms with Crippen LogP contribution in [0.2, 0.25) is 0 Å². The molecule has 35 heavy (non-hydrogen) atoms. The predicted molar refractivity (Wildman–Crippen MR) is 127 cm³/mol. The zero-order valence-corrected chi connectivity index (χ0v) is 22.3. The standard InChI is InChI=1S/C14H18N2O4.C10H18O5/c1-9-11-7-6-10(18-5)8-12(11)16(15-9)20-13(17)19-14(2,3)4;1-9(2,3)14-7(11)13-8(12)15-10(4,5)6/h6-8H,1-5H3;1-6H3. The monoisotopic (exact) mass is 496 g/mol. The first-order valence-corrected chi connectivity index (χ1v) is 10.9. The molecule has 1 aromatic heterocycles. The van der Waals surface area contributed by atoms with Gasteiger partial charge in [0.2, 0.25) is 0 Å². The van der Waals surface area contributed by atoms with Gasteiger partial charge in [-0.2, -0.15) is 0 Å². The number of nitrogens with zero attached hydrogens (tertiary/aromatic N) is 2. The van der Waals surface area contributed by atoms with Crippen LogP contribution in [0.15, 0.2) is 18.2 Å². The van der Waals surface area contributed by atoms with Gasteiger partial charge in [-0.3, -0.25) is 4.84 Å². The van der Waals surface area contributed by atoms with Crippen molar-refractivity contribution in [2.24, 2.45) is 0 Å². The molecule has 11 heteroatoms. The van der Waals surface area contributed by atoms with Crippen LogP contribution in [0, 0.1) is 6.92 Å². The summed E-state index contributed by atoms with van der Waals surface area (Å²) >= 11 is 0. The number of rotatable bonds is 2. The van der Waals surface area contributed by atoms with Gasteiger partial charge in [-0.05, 0) is 81.4 Å². The van der Waals surface area contributed by atoms with Gasteiger partial charge < -0.3 is 23.7 Å². The minimum absolute atomic E-state index is 0.618. The van der Waals surface area contributed by atoms with Gasteiger partial charge in [-0.1, -0.05) is 4.85 Å². The summed E-state index contributed by atoms with van der Waals surface area (Å²) in [6.45, 7) is 17.2. The van der Waals surface area contributed by atoms with E-state index in [1.165, 1.54) is 0 Å². The van der Waals surface area contributed by atoms with E-state index >= 15 is 0 Å². The van der Waals surface area contributed by atoms with Crippen LogP contribution in [0.3, 0.4) is 0 Å². The number of aryl methyl sites for hydroxylation is 1. The van der Waals surface area contributed by atoms with Crippen molar-refractivity contribution in [3.8, 4) is 5.75 Å². The zero-order valence-electron chi connectivity index (χ0n) is 22.3. The predicted octanol–water partition coefficient (Wildman–Crippen LogP) is 5.59. The minimum atomic E-state index is -1.06. The molecule has 0 amide bonds. The normalized spacial score (nSPS) is 11.6. The lowest BCUT2D eigenvalue weighted by atomic mass is 10.2. The van der Waals surface area contributed by atoms with Crippen LogP contribution in [0.4, 0.5) is 14.4 Å². The summed E-state index contributed by atoms with van der Waals surface area (Å²) in [6, 6.07) is 5.44. The third kappa shape index (κ3) is 11.5. The topological polar surface area (TPSA) is 124 Å². The molecule has 0 atom stereocenters. The van der Waals surface area contributed by atoms with Crippen LogP contribution in [0.25, 0.3) is 10.9 Å². The molecule has 2 aromatic rings. The Balaban J connectivity index is 0.000000367. The third-order valence-corrected chi connectivity index (χ3v) is 3.54. The van der Waals surface area contributed by atoms with Crippen molar-refractivity contribution in [2.45, 2.75) is 86.0 Å². The average molecular weight is 497 g/mol. The van der Waals surface area contributed by atoms with E-state index in [0.29, 0.717) is 11.3 Å². The second-order valence-electron chi connectivity index (χ2n) is 10.4. The highest BCUT2D eigenvalue weighted by atomic mass is 16.8. The van der Waals surface area contributed by atoms with Gasteiger partial charge in [0.25, 0.3) is 0 Å². The first-order chi connectivity index (χ1) is 15.8. The van der Waals surface area contributed by atoms with E-state index in [0.717, 1.165) is 15.9 Å². The molecule has 0 bridgehead atoms. The summed E-state index contributed by atoms with van der Waals surface area (Å²) in [6.07, 6.45) is -2.92. The highest BCUT2D eigenvalue weighted by Gasteiger charge is 2.24. The Morgan fingerprint density at radius 3 is 1.66 bits per heavy atom. The molecule has 0 radical (unpaired) electrons. The lowest BCUT2D eigenvalue weighted by molar-refractivity contribution is -0.0295. The Morgan fingerprint density at radius 1 is 0.771 bits per heavy atom. The molecule has 0 unspecified atom stereocenters. The Bertz CT molecular complexity index is 1010. The highest BCUT2D eigenvalue weighted by Crippen LogP contribution is 2.23. The van der Waals surface area contributed by atoms with Crippen LogP contribution in [0.1, 0.15) is 68.0 Å². The van der Waals surface area contributed by atoms with Gasteiger partial charge in [-0.25, -0.2) is 14.4 Å². The molecule has 0 aliphatic carbocycles. The fraction of sp³-hybridized carbons (Fsp3) is 0.583. The molecule has 196 valence electrons. The largest absolute Gasteiger partial charge is 0.535 e. The second kappa shape index (κ2) is 11.3. The lowest BCUT2D eigenvalue weighted by Crippen LogP contribution is -2.30. The Morgan fingerprint density at radius 2 is 1.23 bits per heavy atom. The molecule has 2 rings (SSSR count). The molecule has 0 aliphatic rings. The van der Waals surface area contributed by atoms with E-state index in [1.807, 2.05) is 19.1 Å². The summed E-state index contributed by atoms with van der Waals surface area (Å²) in [4.78, 5) is 40.0. The van der Waals surface area contributed by atoms with Gasteiger partial charge >= 0.3 is 18.5 Å². The molecule has 0 spiro atoms. The van der Waals surface area contributed by atoms with Crippen molar-refractivity contribution >= 4 is 29.4 Å². The van der Waals surface area contributed by atoms with Crippen LogP contribution in [-0.4, -0.2) is 52.3 Å². The first-order valence-electron chi connectivity index (χ1n) is 10.9. The van der Waals surface area contributed by atoms with E-state index in [9.17, 15) is 14.4 Å². The number of carbonyl (C=O) groups is 3. The van der Waals surface area contributed by atoms with Crippen molar-refractivity contribution in [1.29, 1.82) is 0 Å². The number of ether oxygens (including phenoxy) is 5. The molecule has 0 fully saturated rings. The summed E-state index contributed by atoms with van der Waals surface area (Å²) < 4.78 is 24.1. The van der Waals surface area contributed by atoms with Crippen molar-refractivity contribution in [3.05, 3.63) is 23.9 Å². The lowest BCUT2D eigenvalue weighted by Gasteiger charge is -2.20.